The van der Waals surface area contributed by atoms with Crippen LogP contribution in [-0.4, -0.2) is 48.0 Å². The van der Waals surface area contributed by atoms with Crippen molar-refractivity contribution in [2.24, 2.45) is 0 Å². The Balaban J connectivity index is 1.78. The minimum atomic E-state index is -0.549. The summed E-state index contributed by atoms with van der Waals surface area (Å²) >= 11 is 1.58. The summed E-state index contributed by atoms with van der Waals surface area (Å²) in [6.45, 7) is 3.50. The molecule has 3 rings (SSSR count). The lowest BCUT2D eigenvalue weighted by atomic mass is 10.1. The Bertz CT molecular complexity index is 726. The number of nitrogens with zero attached hydrogens (tertiary/aromatic N) is 2. The molecule has 0 spiro atoms. The number of rotatable bonds is 5. The van der Waals surface area contributed by atoms with Gasteiger partial charge in [-0.2, -0.15) is 11.3 Å². The van der Waals surface area contributed by atoms with Crippen LogP contribution >= 0.6 is 11.3 Å². The molecule has 1 saturated heterocycles. The third-order valence-electron chi connectivity index (χ3n) is 4.04. The molecule has 1 amide bonds. The second kappa shape index (κ2) is 7.14. The first-order valence-corrected chi connectivity index (χ1v) is 8.60. The largest absolute Gasteiger partial charge is 0.469 e. The SMILES string of the molecule is COC(=O)C[C@H]1C(=O)NCCN1Cc1nc(-c2ccsc2)oc1C. The Hall–Kier alpha value is -2.19. The zero-order valence-electron chi connectivity index (χ0n) is 13.6. The molecule has 2 aromatic heterocycles. The minimum absolute atomic E-state index is 0.0244. The summed E-state index contributed by atoms with van der Waals surface area (Å²) < 4.78 is 10.4. The summed E-state index contributed by atoms with van der Waals surface area (Å²) in [6, 6.07) is 1.40. The van der Waals surface area contributed by atoms with Crippen LogP contribution in [0.3, 0.4) is 0 Å². The van der Waals surface area contributed by atoms with Gasteiger partial charge in [0.2, 0.25) is 11.8 Å². The van der Waals surface area contributed by atoms with Gasteiger partial charge in [0, 0.05) is 30.6 Å². The van der Waals surface area contributed by atoms with Gasteiger partial charge in [0.05, 0.1) is 19.2 Å². The van der Waals surface area contributed by atoms with Crippen LogP contribution in [0, 0.1) is 6.92 Å². The van der Waals surface area contributed by atoms with E-state index in [1.54, 1.807) is 11.3 Å². The van der Waals surface area contributed by atoms with Crippen molar-refractivity contribution in [1.82, 2.24) is 15.2 Å². The molecule has 0 unspecified atom stereocenters. The Kier molecular flexibility index (Phi) is 4.96. The Labute approximate surface area is 143 Å². The first kappa shape index (κ1) is 16.7. The molecule has 3 heterocycles. The van der Waals surface area contributed by atoms with E-state index in [1.807, 2.05) is 28.7 Å². The normalized spacial score (nSPS) is 18.4. The fourth-order valence-corrected chi connectivity index (χ4v) is 3.32. The van der Waals surface area contributed by atoms with Crippen molar-refractivity contribution in [2.75, 3.05) is 20.2 Å². The first-order valence-electron chi connectivity index (χ1n) is 7.66. The molecule has 1 atom stereocenters. The number of aryl methyl sites for hydroxylation is 1. The van der Waals surface area contributed by atoms with Gasteiger partial charge in [-0.05, 0) is 18.4 Å². The van der Waals surface area contributed by atoms with E-state index in [4.69, 9.17) is 9.15 Å². The number of thiophene rings is 1. The van der Waals surface area contributed by atoms with Gasteiger partial charge >= 0.3 is 5.97 Å². The summed E-state index contributed by atoms with van der Waals surface area (Å²) in [7, 11) is 1.32. The number of hydrogen-bond donors (Lipinski definition) is 1. The Morgan fingerprint density at radius 1 is 1.58 bits per heavy atom. The number of hydrogen-bond acceptors (Lipinski definition) is 7. The van der Waals surface area contributed by atoms with Gasteiger partial charge in [-0.3, -0.25) is 14.5 Å². The van der Waals surface area contributed by atoms with Gasteiger partial charge in [0.15, 0.2) is 0 Å². The lowest BCUT2D eigenvalue weighted by Crippen LogP contribution is -2.55. The summed E-state index contributed by atoms with van der Waals surface area (Å²) in [6.07, 6.45) is 0.0244. The van der Waals surface area contributed by atoms with Crippen LogP contribution < -0.4 is 5.32 Å². The number of piperazine rings is 1. The van der Waals surface area contributed by atoms with Gasteiger partial charge in [-0.25, -0.2) is 4.98 Å². The summed E-state index contributed by atoms with van der Waals surface area (Å²) in [5, 5.41) is 6.73. The van der Waals surface area contributed by atoms with Gasteiger partial charge in [-0.1, -0.05) is 0 Å². The number of aromatic nitrogens is 1. The van der Waals surface area contributed by atoms with Gasteiger partial charge < -0.3 is 14.5 Å². The van der Waals surface area contributed by atoms with Crippen LogP contribution in [-0.2, 0) is 20.9 Å². The standard InChI is InChI=1S/C16H19N3O4S/c1-10-12(18-16(23-10)11-3-6-24-9-11)8-19-5-4-17-15(21)13(19)7-14(20)22-2/h3,6,9,13H,4-5,7-8H2,1-2H3,(H,17,21)/t13-/m0/s1. The zero-order chi connectivity index (χ0) is 17.1. The topological polar surface area (TPSA) is 84.7 Å². The summed E-state index contributed by atoms with van der Waals surface area (Å²) in [5.74, 6) is 0.734. The van der Waals surface area contributed by atoms with E-state index in [2.05, 4.69) is 10.3 Å². The van der Waals surface area contributed by atoms with Gasteiger partial charge in [0.25, 0.3) is 0 Å². The lowest BCUT2D eigenvalue weighted by molar-refractivity contribution is -0.146. The van der Waals surface area contributed by atoms with E-state index in [0.29, 0.717) is 25.5 Å². The van der Waals surface area contributed by atoms with Crippen LogP contribution in [0.5, 0.6) is 0 Å². The number of carbonyl (C=O) groups is 2. The highest BCUT2D eigenvalue weighted by Gasteiger charge is 2.33. The minimum Gasteiger partial charge on any atom is -0.469 e. The number of carbonyl (C=O) groups excluding carboxylic acids is 2. The van der Waals surface area contributed by atoms with Crippen LogP contribution in [0.15, 0.2) is 21.2 Å². The highest BCUT2D eigenvalue weighted by atomic mass is 32.1. The molecular weight excluding hydrogens is 330 g/mol. The highest BCUT2D eigenvalue weighted by Crippen LogP contribution is 2.25. The van der Waals surface area contributed by atoms with Crippen molar-refractivity contribution in [2.45, 2.75) is 25.9 Å². The molecule has 2 aromatic rings. The summed E-state index contributed by atoms with van der Waals surface area (Å²) in [4.78, 5) is 30.2. The highest BCUT2D eigenvalue weighted by molar-refractivity contribution is 7.08. The summed E-state index contributed by atoms with van der Waals surface area (Å²) in [5.41, 5.74) is 1.72. The molecule has 8 heteroatoms. The van der Waals surface area contributed by atoms with Crippen molar-refractivity contribution in [1.29, 1.82) is 0 Å². The van der Waals surface area contributed by atoms with Gasteiger partial charge in [0.1, 0.15) is 11.8 Å². The Morgan fingerprint density at radius 3 is 3.12 bits per heavy atom. The number of oxazole rings is 1. The maximum Gasteiger partial charge on any atom is 0.307 e. The van der Waals surface area contributed by atoms with E-state index in [1.165, 1.54) is 7.11 Å². The molecule has 24 heavy (non-hydrogen) atoms. The molecule has 128 valence electrons. The third-order valence-corrected chi connectivity index (χ3v) is 4.73. The maximum absolute atomic E-state index is 12.1. The molecule has 1 fully saturated rings. The second-order valence-electron chi connectivity index (χ2n) is 5.59. The predicted molar refractivity (Wildman–Crippen MR) is 88.4 cm³/mol. The first-order chi connectivity index (χ1) is 11.6. The monoisotopic (exact) mass is 349 g/mol. The fourth-order valence-electron chi connectivity index (χ4n) is 2.69. The quantitative estimate of drug-likeness (QED) is 0.825. The molecule has 1 N–H and O–H groups in total. The number of nitrogens with one attached hydrogen (secondary N) is 1. The second-order valence-corrected chi connectivity index (χ2v) is 6.37. The molecule has 0 aliphatic carbocycles. The van der Waals surface area contributed by atoms with Gasteiger partial charge in [-0.15, -0.1) is 0 Å². The van der Waals surface area contributed by atoms with Crippen molar-refractivity contribution in [3.63, 3.8) is 0 Å². The van der Waals surface area contributed by atoms with Crippen LogP contribution in [0.4, 0.5) is 0 Å². The van der Waals surface area contributed by atoms with Crippen LogP contribution in [0.1, 0.15) is 17.9 Å². The Morgan fingerprint density at radius 2 is 2.42 bits per heavy atom. The van der Waals surface area contributed by atoms with Crippen molar-refractivity contribution >= 4 is 23.2 Å². The molecule has 1 aliphatic heterocycles. The van der Waals surface area contributed by atoms with E-state index in [9.17, 15) is 9.59 Å². The van der Waals surface area contributed by atoms with E-state index < -0.39 is 12.0 Å². The number of ether oxygens (including phenoxy) is 1. The van der Waals surface area contributed by atoms with Crippen molar-refractivity contribution < 1.29 is 18.7 Å². The smallest absolute Gasteiger partial charge is 0.307 e. The van der Waals surface area contributed by atoms with Crippen molar-refractivity contribution in [3.05, 3.63) is 28.3 Å². The number of esters is 1. The third kappa shape index (κ3) is 3.49. The molecule has 0 saturated carbocycles. The fraction of sp³-hybridized carbons (Fsp3) is 0.438. The molecule has 0 bridgehead atoms. The van der Waals surface area contributed by atoms with E-state index >= 15 is 0 Å². The average molecular weight is 349 g/mol. The number of amides is 1. The maximum atomic E-state index is 12.1. The van der Waals surface area contributed by atoms with Crippen LogP contribution in [0.25, 0.3) is 11.5 Å². The zero-order valence-corrected chi connectivity index (χ0v) is 14.4. The predicted octanol–water partition coefficient (Wildman–Crippen LogP) is 1.58. The van der Waals surface area contributed by atoms with Crippen LogP contribution in [0.2, 0.25) is 0 Å². The molecule has 7 nitrogen and oxygen atoms in total. The molecule has 0 radical (unpaired) electrons. The van der Waals surface area contributed by atoms with E-state index in [0.717, 1.165) is 17.0 Å². The molecule has 0 aromatic carbocycles. The molecular formula is C16H19N3O4S. The molecule has 1 aliphatic rings. The number of methoxy groups -OCH3 is 1. The lowest BCUT2D eigenvalue weighted by Gasteiger charge is -2.33. The van der Waals surface area contributed by atoms with Crippen molar-refractivity contribution in [3.8, 4) is 11.5 Å². The average Bonchev–Trinajstić information content (AvgIpc) is 3.21. The van der Waals surface area contributed by atoms with E-state index in [-0.39, 0.29) is 12.3 Å².